The Balaban J connectivity index is 1.77. The van der Waals surface area contributed by atoms with Crippen LogP contribution in [-0.2, 0) is 16.1 Å². The summed E-state index contributed by atoms with van der Waals surface area (Å²) in [5.74, 6) is 0.204. The van der Waals surface area contributed by atoms with Gasteiger partial charge in [0.1, 0.15) is 11.5 Å². The van der Waals surface area contributed by atoms with Gasteiger partial charge in [0, 0.05) is 17.0 Å². The van der Waals surface area contributed by atoms with Crippen molar-refractivity contribution >= 4 is 28.8 Å². The van der Waals surface area contributed by atoms with Crippen molar-refractivity contribution in [1.82, 2.24) is 4.90 Å². The normalized spacial score (nSPS) is 17.1. The van der Waals surface area contributed by atoms with E-state index < -0.39 is 17.7 Å². The maximum atomic E-state index is 13.3. The number of carbonyl (C=O) groups is 2. The van der Waals surface area contributed by atoms with Crippen molar-refractivity contribution in [3.05, 3.63) is 81.1 Å². The molecule has 0 saturated carbocycles. The average molecular weight is 508 g/mol. The number of aliphatic hydroxyl groups excluding tert-OH is 1. The molecule has 1 N–H and O–H groups in total. The van der Waals surface area contributed by atoms with E-state index in [1.54, 1.807) is 44.6 Å². The predicted octanol–water partition coefficient (Wildman–Crippen LogP) is 5.48. The van der Waals surface area contributed by atoms with Gasteiger partial charge in [0.15, 0.2) is 11.5 Å². The summed E-state index contributed by atoms with van der Waals surface area (Å²) < 4.78 is 16.5. The fraction of sp³-hybridized carbons (Fsp3) is 0.286. The Morgan fingerprint density at radius 2 is 1.75 bits per heavy atom. The lowest BCUT2D eigenvalue weighted by molar-refractivity contribution is -0.140. The van der Waals surface area contributed by atoms with Gasteiger partial charge in [-0.15, -0.1) is 11.3 Å². The number of carbonyl (C=O) groups excluding carboxylic acids is 2. The number of aryl methyl sites for hydroxylation is 1. The van der Waals surface area contributed by atoms with Crippen molar-refractivity contribution in [1.29, 1.82) is 0 Å². The van der Waals surface area contributed by atoms with Crippen molar-refractivity contribution < 1.29 is 28.9 Å². The van der Waals surface area contributed by atoms with E-state index >= 15 is 0 Å². The first-order valence-electron chi connectivity index (χ1n) is 11.6. The van der Waals surface area contributed by atoms with E-state index in [9.17, 15) is 14.7 Å². The molecular weight excluding hydrogens is 478 g/mol. The quantitative estimate of drug-likeness (QED) is 0.247. The second kappa shape index (κ2) is 10.5. The second-order valence-corrected chi connectivity index (χ2v) is 9.76. The number of aliphatic hydroxyl groups is 1. The van der Waals surface area contributed by atoms with Crippen molar-refractivity contribution in [3.63, 3.8) is 0 Å². The lowest BCUT2D eigenvalue weighted by atomic mass is 9.98. The standard InChI is InChI=1S/C28H29NO6S/c1-16(2)35-20-11-9-19(13-17(20)3)26(30)24-25(23-7-6-12-36-23)29(28(32)27(24)31)15-18-8-10-21(33-4)22(14-18)34-5/h6-14,16,25,30H,15H2,1-5H3/b26-24-. The molecule has 4 rings (SSSR count). The Morgan fingerprint density at radius 3 is 2.36 bits per heavy atom. The fourth-order valence-corrected chi connectivity index (χ4v) is 5.15. The number of ketones is 1. The van der Waals surface area contributed by atoms with E-state index in [-0.39, 0.29) is 24.0 Å². The van der Waals surface area contributed by atoms with Crippen LogP contribution < -0.4 is 14.2 Å². The molecular formula is C28H29NO6S. The number of Topliss-reactive ketones (excluding diaryl/α,β-unsaturated/α-hetero) is 1. The van der Waals surface area contributed by atoms with Crippen molar-refractivity contribution in [2.45, 2.75) is 39.5 Å². The zero-order valence-electron chi connectivity index (χ0n) is 20.9. The number of hydrogen-bond donors (Lipinski definition) is 1. The highest BCUT2D eigenvalue weighted by Crippen LogP contribution is 2.42. The van der Waals surface area contributed by atoms with Crippen molar-refractivity contribution in [2.75, 3.05) is 14.2 Å². The minimum absolute atomic E-state index is 0.00359. The molecule has 2 heterocycles. The number of likely N-dealkylation sites (tertiary alicyclic amines) is 1. The van der Waals surface area contributed by atoms with Gasteiger partial charge >= 0.3 is 0 Å². The number of nitrogens with zero attached hydrogens (tertiary/aromatic N) is 1. The molecule has 188 valence electrons. The third-order valence-corrected chi connectivity index (χ3v) is 6.89. The summed E-state index contributed by atoms with van der Waals surface area (Å²) in [4.78, 5) is 28.8. The molecule has 1 aromatic heterocycles. The van der Waals surface area contributed by atoms with Gasteiger partial charge in [-0.25, -0.2) is 0 Å². The fourth-order valence-electron chi connectivity index (χ4n) is 4.30. The smallest absolute Gasteiger partial charge is 0.295 e. The molecule has 7 nitrogen and oxygen atoms in total. The van der Waals surface area contributed by atoms with Gasteiger partial charge < -0.3 is 24.2 Å². The van der Waals surface area contributed by atoms with Crippen LogP contribution in [0.3, 0.4) is 0 Å². The molecule has 1 saturated heterocycles. The number of benzene rings is 2. The second-order valence-electron chi connectivity index (χ2n) is 8.78. The Kier molecular flexibility index (Phi) is 7.35. The van der Waals surface area contributed by atoms with Crippen LogP contribution in [0.1, 0.15) is 41.5 Å². The lowest BCUT2D eigenvalue weighted by Gasteiger charge is -2.24. The third-order valence-electron chi connectivity index (χ3n) is 5.96. The molecule has 1 unspecified atom stereocenters. The van der Waals surface area contributed by atoms with Gasteiger partial charge in [-0.3, -0.25) is 9.59 Å². The molecule has 1 aliphatic rings. The van der Waals surface area contributed by atoms with E-state index in [0.29, 0.717) is 22.8 Å². The van der Waals surface area contributed by atoms with E-state index in [0.717, 1.165) is 16.0 Å². The number of amides is 1. The highest BCUT2D eigenvalue weighted by molar-refractivity contribution is 7.10. The van der Waals surface area contributed by atoms with Gasteiger partial charge in [0.05, 0.1) is 31.9 Å². The first kappa shape index (κ1) is 25.3. The molecule has 1 fully saturated rings. The molecule has 2 aromatic carbocycles. The van der Waals surface area contributed by atoms with Gasteiger partial charge in [-0.05, 0) is 73.7 Å². The zero-order valence-corrected chi connectivity index (χ0v) is 21.7. The SMILES string of the molecule is COc1ccc(CN2C(=O)C(=O)/C(=C(\O)c3ccc(OC(C)C)c(C)c3)C2c2cccs2)cc1OC. The first-order chi connectivity index (χ1) is 17.2. The summed E-state index contributed by atoms with van der Waals surface area (Å²) in [6.45, 7) is 5.91. The molecule has 0 radical (unpaired) electrons. The summed E-state index contributed by atoms with van der Waals surface area (Å²) in [6, 6.07) is 13.6. The van der Waals surface area contributed by atoms with Crippen LogP contribution in [0.25, 0.3) is 5.76 Å². The van der Waals surface area contributed by atoms with Gasteiger partial charge in [-0.2, -0.15) is 0 Å². The Hall–Kier alpha value is -3.78. The van der Waals surface area contributed by atoms with Crippen LogP contribution in [0.15, 0.2) is 59.5 Å². The lowest BCUT2D eigenvalue weighted by Crippen LogP contribution is -2.28. The van der Waals surface area contributed by atoms with Crippen LogP contribution in [0.5, 0.6) is 17.2 Å². The minimum Gasteiger partial charge on any atom is -0.507 e. The predicted molar refractivity (Wildman–Crippen MR) is 139 cm³/mol. The zero-order chi connectivity index (χ0) is 26.0. The maximum Gasteiger partial charge on any atom is 0.295 e. The maximum absolute atomic E-state index is 13.3. The summed E-state index contributed by atoms with van der Waals surface area (Å²) in [7, 11) is 3.09. The summed E-state index contributed by atoms with van der Waals surface area (Å²) in [6.07, 6.45) is 0.00359. The van der Waals surface area contributed by atoms with E-state index in [4.69, 9.17) is 14.2 Å². The van der Waals surface area contributed by atoms with Crippen LogP contribution in [0, 0.1) is 6.92 Å². The monoisotopic (exact) mass is 507 g/mol. The van der Waals surface area contributed by atoms with E-state index in [2.05, 4.69) is 0 Å². The summed E-state index contributed by atoms with van der Waals surface area (Å²) in [5, 5.41) is 13.2. The Bertz CT molecular complexity index is 1310. The molecule has 0 aliphatic carbocycles. The molecule has 1 atom stereocenters. The van der Waals surface area contributed by atoms with Crippen LogP contribution >= 0.6 is 11.3 Å². The molecule has 3 aromatic rings. The van der Waals surface area contributed by atoms with Crippen molar-refractivity contribution in [3.8, 4) is 17.2 Å². The van der Waals surface area contributed by atoms with Crippen LogP contribution in [0.4, 0.5) is 0 Å². The molecule has 1 amide bonds. The molecule has 8 heteroatoms. The van der Waals surface area contributed by atoms with Gasteiger partial charge in [-0.1, -0.05) is 12.1 Å². The van der Waals surface area contributed by atoms with Crippen molar-refractivity contribution in [2.24, 2.45) is 0 Å². The topological polar surface area (TPSA) is 85.3 Å². The number of thiophene rings is 1. The first-order valence-corrected chi connectivity index (χ1v) is 12.4. The summed E-state index contributed by atoms with van der Waals surface area (Å²) >= 11 is 1.42. The van der Waals surface area contributed by atoms with E-state index in [1.807, 2.05) is 44.4 Å². The largest absolute Gasteiger partial charge is 0.507 e. The average Bonchev–Trinajstić information content (AvgIpc) is 3.47. The molecule has 0 bridgehead atoms. The van der Waals surface area contributed by atoms with Crippen LogP contribution in [-0.4, -0.2) is 42.0 Å². The van der Waals surface area contributed by atoms with Gasteiger partial charge in [0.2, 0.25) is 0 Å². The minimum atomic E-state index is -0.718. The Labute approximate surface area is 214 Å². The number of rotatable bonds is 8. The number of ether oxygens (including phenoxy) is 3. The highest BCUT2D eigenvalue weighted by atomic mass is 32.1. The highest BCUT2D eigenvalue weighted by Gasteiger charge is 2.46. The Morgan fingerprint density at radius 1 is 1.03 bits per heavy atom. The molecule has 36 heavy (non-hydrogen) atoms. The van der Waals surface area contributed by atoms with E-state index in [1.165, 1.54) is 16.2 Å². The van der Waals surface area contributed by atoms with Crippen LogP contribution in [0.2, 0.25) is 0 Å². The van der Waals surface area contributed by atoms with Gasteiger partial charge in [0.25, 0.3) is 11.7 Å². The number of methoxy groups -OCH3 is 2. The molecule has 0 spiro atoms. The third kappa shape index (κ3) is 4.81. The molecule has 1 aliphatic heterocycles. The number of hydrogen-bond acceptors (Lipinski definition) is 7. The summed E-state index contributed by atoms with van der Waals surface area (Å²) in [5.41, 5.74) is 2.11.